The third kappa shape index (κ3) is 2.07. The highest BCUT2D eigenvalue weighted by molar-refractivity contribution is 6.30. The van der Waals surface area contributed by atoms with E-state index in [1.165, 1.54) is 16.7 Å². The molecule has 0 saturated heterocycles. The van der Waals surface area contributed by atoms with E-state index in [9.17, 15) is 0 Å². The van der Waals surface area contributed by atoms with Crippen LogP contribution in [-0.4, -0.2) is 16.4 Å². The van der Waals surface area contributed by atoms with Gasteiger partial charge in [-0.3, -0.25) is 0 Å². The van der Waals surface area contributed by atoms with Gasteiger partial charge in [-0.15, -0.1) is 0 Å². The molecule has 4 heteroatoms. The molecule has 0 fully saturated rings. The van der Waals surface area contributed by atoms with Crippen LogP contribution in [0.5, 0.6) is 0 Å². The molecule has 100 valence electrons. The van der Waals surface area contributed by atoms with Gasteiger partial charge in [0.05, 0.1) is 24.6 Å². The van der Waals surface area contributed by atoms with Crippen molar-refractivity contribution >= 4 is 11.6 Å². The largest absolute Gasteiger partial charge is 0.376 e. The topological polar surface area (TPSA) is 27.1 Å². The van der Waals surface area contributed by atoms with Gasteiger partial charge in [0.15, 0.2) is 0 Å². The summed E-state index contributed by atoms with van der Waals surface area (Å²) in [6, 6.07) is 4.33. The van der Waals surface area contributed by atoms with Crippen LogP contribution in [-0.2, 0) is 17.8 Å². The smallest absolute Gasteiger partial charge is 0.138 e. The van der Waals surface area contributed by atoms with Gasteiger partial charge in [0.25, 0.3) is 0 Å². The summed E-state index contributed by atoms with van der Waals surface area (Å²) in [6.45, 7) is 7.60. The lowest BCUT2D eigenvalue weighted by Gasteiger charge is -2.12. The first kappa shape index (κ1) is 12.7. The molecule has 0 bridgehead atoms. The molecule has 3 rings (SSSR count). The molecule has 0 N–H and O–H groups in total. The third-order valence-corrected chi connectivity index (χ3v) is 3.97. The van der Waals surface area contributed by atoms with Crippen molar-refractivity contribution in [2.45, 2.75) is 33.8 Å². The molecule has 19 heavy (non-hydrogen) atoms. The lowest BCUT2D eigenvalue weighted by molar-refractivity contribution is 0.110. The van der Waals surface area contributed by atoms with E-state index >= 15 is 0 Å². The molecule has 1 aliphatic heterocycles. The van der Waals surface area contributed by atoms with Gasteiger partial charge < -0.3 is 4.74 Å². The Balaban J connectivity index is 2.20. The molecule has 2 heterocycles. The zero-order valence-electron chi connectivity index (χ0n) is 11.5. The number of rotatable bonds is 1. The van der Waals surface area contributed by atoms with Crippen LogP contribution < -0.4 is 0 Å². The van der Waals surface area contributed by atoms with Gasteiger partial charge in [0.1, 0.15) is 5.15 Å². The van der Waals surface area contributed by atoms with Gasteiger partial charge in [0, 0.05) is 12.0 Å². The van der Waals surface area contributed by atoms with Crippen molar-refractivity contribution in [1.82, 2.24) is 9.78 Å². The van der Waals surface area contributed by atoms with E-state index in [2.05, 4.69) is 38.0 Å². The van der Waals surface area contributed by atoms with E-state index in [-0.39, 0.29) is 0 Å². The highest BCUT2D eigenvalue weighted by Gasteiger charge is 2.22. The molecule has 3 nitrogen and oxygen atoms in total. The zero-order valence-corrected chi connectivity index (χ0v) is 12.2. The second-order valence-corrected chi connectivity index (χ2v) is 5.54. The predicted molar refractivity (Wildman–Crippen MR) is 76.1 cm³/mol. The van der Waals surface area contributed by atoms with Gasteiger partial charge in [-0.1, -0.05) is 29.3 Å². The van der Waals surface area contributed by atoms with Crippen molar-refractivity contribution in [2.75, 3.05) is 6.61 Å². The van der Waals surface area contributed by atoms with Crippen LogP contribution in [0.2, 0.25) is 5.15 Å². The molecule has 0 radical (unpaired) electrons. The number of benzene rings is 1. The maximum absolute atomic E-state index is 6.48. The third-order valence-electron chi connectivity index (χ3n) is 3.58. The fraction of sp³-hybridized carbons (Fsp3) is 0.400. The van der Waals surface area contributed by atoms with Crippen molar-refractivity contribution in [3.8, 4) is 5.69 Å². The van der Waals surface area contributed by atoms with Gasteiger partial charge in [-0.25, -0.2) is 4.68 Å². The van der Waals surface area contributed by atoms with Crippen LogP contribution in [0, 0.1) is 20.8 Å². The van der Waals surface area contributed by atoms with Crippen molar-refractivity contribution in [1.29, 1.82) is 0 Å². The van der Waals surface area contributed by atoms with Crippen LogP contribution in [0.25, 0.3) is 5.69 Å². The summed E-state index contributed by atoms with van der Waals surface area (Å²) >= 11 is 6.48. The Labute approximate surface area is 118 Å². The highest BCUT2D eigenvalue weighted by Crippen LogP contribution is 2.30. The Morgan fingerprint density at radius 3 is 2.53 bits per heavy atom. The number of nitrogens with zero attached hydrogens (tertiary/aromatic N) is 2. The summed E-state index contributed by atoms with van der Waals surface area (Å²) < 4.78 is 7.33. The summed E-state index contributed by atoms with van der Waals surface area (Å²) in [4.78, 5) is 0. The highest BCUT2D eigenvalue weighted by atomic mass is 35.5. The van der Waals surface area contributed by atoms with Crippen molar-refractivity contribution in [2.24, 2.45) is 0 Å². The van der Waals surface area contributed by atoms with Crippen LogP contribution in [0.4, 0.5) is 0 Å². The van der Waals surface area contributed by atoms with E-state index in [0.717, 1.165) is 30.0 Å². The van der Waals surface area contributed by atoms with Crippen molar-refractivity contribution < 1.29 is 4.74 Å². The van der Waals surface area contributed by atoms with E-state index in [0.29, 0.717) is 11.8 Å². The second kappa shape index (κ2) is 4.66. The number of hydrogen-bond acceptors (Lipinski definition) is 2. The monoisotopic (exact) mass is 276 g/mol. The van der Waals surface area contributed by atoms with Crippen LogP contribution in [0.3, 0.4) is 0 Å². The summed E-state index contributed by atoms with van der Waals surface area (Å²) in [5.74, 6) is 0. The quantitative estimate of drug-likeness (QED) is 0.797. The first-order valence-corrected chi connectivity index (χ1v) is 6.88. The van der Waals surface area contributed by atoms with Gasteiger partial charge >= 0.3 is 0 Å². The minimum atomic E-state index is 0.568. The standard InChI is InChI=1S/C15H17ClN2O/c1-9-6-10(2)14(11(3)7-9)18-15(16)12-8-19-5-4-13(12)17-18/h6-7H,4-5,8H2,1-3H3. The second-order valence-electron chi connectivity index (χ2n) is 5.18. The maximum atomic E-state index is 6.48. The Morgan fingerprint density at radius 1 is 1.21 bits per heavy atom. The van der Waals surface area contributed by atoms with Crippen molar-refractivity contribution in [3.05, 3.63) is 45.2 Å². The average Bonchev–Trinajstić information content (AvgIpc) is 2.66. The normalized spacial score (nSPS) is 14.5. The number of ether oxygens (including phenoxy) is 1. The SMILES string of the molecule is Cc1cc(C)c(-n2nc3c(c2Cl)COCC3)c(C)c1. The number of hydrogen-bond donors (Lipinski definition) is 0. The molecule has 0 saturated carbocycles. The number of fused-ring (bicyclic) bond motifs is 1. The molecular formula is C15H17ClN2O. The molecule has 1 aromatic carbocycles. The average molecular weight is 277 g/mol. The predicted octanol–water partition coefficient (Wildman–Crippen LogP) is 3.52. The molecule has 0 amide bonds. The molecule has 0 aliphatic carbocycles. The van der Waals surface area contributed by atoms with Crippen molar-refractivity contribution in [3.63, 3.8) is 0 Å². The lowest BCUT2D eigenvalue weighted by Crippen LogP contribution is -2.08. The first-order valence-electron chi connectivity index (χ1n) is 6.50. The maximum Gasteiger partial charge on any atom is 0.138 e. The minimum absolute atomic E-state index is 0.568. The summed E-state index contributed by atoms with van der Waals surface area (Å²) in [6.07, 6.45) is 0.839. The van der Waals surface area contributed by atoms with E-state index in [1.807, 2.05) is 4.68 Å². The Kier molecular flexibility index (Phi) is 3.11. The molecule has 1 aliphatic rings. The molecule has 0 unspecified atom stereocenters. The molecule has 2 aromatic rings. The lowest BCUT2D eigenvalue weighted by atomic mass is 10.1. The van der Waals surface area contributed by atoms with Gasteiger partial charge in [-0.05, 0) is 31.9 Å². The first-order chi connectivity index (χ1) is 9.08. The summed E-state index contributed by atoms with van der Waals surface area (Å²) in [7, 11) is 0. The number of aromatic nitrogens is 2. The fourth-order valence-corrected chi connectivity index (χ4v) is 3.10. The van der Waals surface area contributed by atoms with E-state index < -0.39 is 0 Å². The van der Waals surface area contributed by atoms with E-state index in [4.69, 9.17) is 16.3 Å². The summed E-state index contributed by atoms with van der Waals surface area (Å²) in [5.41, 5.74) is 6.84. The van der Waals surface area contributed by atoms with E-state index in [1.54, 1.807) is 0 Å². The fourth-order valence-electron chi connectivity index (χ4n) is 2.81. The zero-order chi connectivity index (χ0) is 13.6. The molecule has 0 spiro atoms. The molecular weight excluding hydrogens is 260 g/mol. The molecule has 0 atom stereocenters. The Bertz CT molecular complexity index is 623. The Morgan fingerprint density at radius 2 is 1.89 bits per heavy atom. The van der Waals surface area contributed by atoms with Crippen LogP contribution >= 0.6 is 11.6 Å². The number of aryl methyl sites for hydroxylation is 3. The minimum Gasteiger partial charge on any atom is -0.376 e. The van der Waals surface area contributed by atoms with Gasteiger partial charge in [0.2, 0.25) is 0 Å². The number of halogens is 1. The van der Waals surface area contributed by atoms with Crippen LogP contribution in [0.15, 0.2) is 12.1 Å². The Hall–Kier alpha value is -1.32. The van der Waals surface area contributed by atoms with Gasteiger partial charge in [-0.2, -0.15) is 5.10 Å². The van der Waals surface area contributed by atoms with Crippen LogP contribution in [0.1, 0.15) is 27.9 Å². The summed E-state index contributed by atoms with van der Waals surface area (Å²) in [5, 5.41) is 5.36. The molecule has 1 aromatic heterocycles.